The van der Waals surface area contributed by atoms with Gasteiger partial charge in [0.05, 0.1) is 11.7 Å². The van der Waals surface area contributed by atoms with Crippen LogP contribution in [0.15, 0.2) is 60.5 Å². The highest BCUT2D eigenvalue weighted by Gasteiger charge is 2.31. The molecular weight excluding hydrogens is 306 g/mol. The van der Waals surface area contributed by atoms with E-state index in [4.69, 9.17) is 0 Å². The quantitative estimate of drug-likeness (QED) is 0.759. The monoisotopic (exact) mass is 326 g/mol. The Morgan fingerprint density at radius 1 is 1.21 bits per heavy atom. The highest BCUT2D eigenvalue weighted by Crippen LogP contribution is 2.40. The van der Waals surface area contributed by atoms with Crippen molar-refractivity contribution in [3.8, 4) is 0 Å². The molecule has 1 aliphatic heterocycles. The number of anilines is 2. The van der Waals surface area contributed by atoms with Gasteiger partial charge in [-0.2, -0.15) is 0 Å². The Hall–Kier alpha value is -2.58. The molecule has 2 atom stereocenters. The van der Waals surface area contributed by atoms with Gasteiger partial charge in [-0.25, -0.2) is 8.78 Å². The Kier molecular flexibility index (Phi) is 4.41. The van der Waals surface area contributed by atoms with Gasteiger partial charge in [-0.1, -0.05) is 18.7 Å². The fourth-order valence-corrected chi connectivity index (χ4v) is 3.34. The molecule has 2 aromatic carbocycles. The maximum atomic E-state index is 13.8. The first kappa shape index (κ1) is 16.3. The molecule has 2 nitrogen and oxygen atoms in total. The summed E-state index contributed by atoms with van der Waals surface area (Å²) in [5.41, 5.74) is 6.25. The number of halogens is 2. The van der Waals surface area contributed by atoms with Crippen LogP contribution in [0.4, 0.5) is 20.2 Å². The molecule has 3 rings (SSSR count). The van der Waals surface area contributed by atoms with E-state index in [1.807, 2.05) is 13.0 Å². The zero-order chi connectivity index (χ0) is 17.3. The molecule has 2 unspecified atom stereocenters. The lowest BCUT2D eigenvalue weighted by atomic mass is 9.91. The predicted molar refractivity (Wildman–Crippen MR) is 94.0 cm³/mol. The average molecular weight is 326 g/mol. The van der Waals surface area contributed by atoms with Crippen molar-refractivity contribution in [2.45, 2.75) is 32.4 Å². The molecule has 0 spiro atoms. The maximum Gasteiger partial charge on any atom is 0.125 e. The summed E-state index contributed by atoms with van der Waals surface area (Å²) < 4.78 is 27.3. The van der Waals surface area contributed by atoms with Gasteiger partial charge in [-0.3, -0.25) is 0 Å². The second kappa shape index (κ2) is 6.50. The third-order valence-corrected chi connectivity index (χ3v) is 4.43. The van der Waals surface area contributed by atoms with Gasteiger partial charge in [0.1, 0.15) is 11.6 Å². The lowest BCUT2D eigenvalue weighted by Crippen LogP contribution is -2.39. The summed E-state index contributed by atoms with van der Waals surface area (Å²) >= 11 is 0. The molecule has 0 saturated heterocycles. The zero-order valence-corrected chi connectivity index (χ0v) is 13.8. The van der Waals surface area contributed by atoms with Gasteiger partial charge in [0.25, 0.3) is 0 Å². The van der Waals surface area contributed by atoms with Crippen molar-refractivity contribution in [2.75, 3.05) is 10.2 Å². The smallest absolute Gasteiger partial charge is 0.125 e. The first-order valence-electron chi connectivity index (χ1n) is 7.97. The van der Waals surface area contributed by atoms with E-state index in [2.05, 4.69) is 29.5 Å². The van der Waals surface area contributed by atoms with Crippen LogP contribution < -0.4 is 10.2 Å². The number of hydrogen-bond acceptors (Lipinski definition) is 2. The van der Waals surface area contributed by atoms with Crippen molar-refractivity contribution in [3.63, 3.8) is 0 Å². The highest BCUT2D eigenvalue weighted by molar-refractivity contribution is 5.63. The molecule has 0 fully saturated rings. The Bertz CT molecular complexity index is 809. The minimum absolute atomic E-state index is 0.0220. The number of fused-ring (bicyclic) bond motifs is 1. The lowest BCUT2D eigenvalue weighted by molar-refractivity contribution is 0.537. The number of hydrogen-bond donors (Lipinski definition) is 1. The molecule has 0 bridgehead atoms. The number of rotatable bonds is 3. The number of allylic oxidation sites excluding steroid dienone is 1. The molecule has 1 heterocycles. The SMILES string of the molecule is C=C=C(C)N1c2cc(F)ccc2C(Nc2cccc(F)c2)CC1C. The van der Waals surface area contributed by atoms with Crippen LogP contribution in [0.5, 0.6) is 0 Å². The van der Waals surface area contributed by atoms with Crippen molar-refractivity contribution < 1.29 is 8.78 Å². The second-order valence-electron chi connectivity index (χ2n) is 6.13. The van der Waals surface area contributed by atoms with E-state index in [9.17, 15) is 8.78 Å². The summed E-state index contributed by atoms with van der Waals surface area (Å²) in [4.78, 5) is 2.05. The summed E-state index contributed by atoms with van der Waals surface area (Å²) in [5.74, 6) is -0.565. The molecule has 0 radical (unpaired) electrons. The summed E-state index contributed by atoms with van der Waals surface area (Å²) in [7, 11) is 0. The van der Waals surface area contributed by atoms with Crippen LogP contribution in [0, 0.1) is 11.6 Å². The molecule has 4 heteroatoms. The summed E-state index contributed by atoms with van der Waals surface area (Å²) in [6.07, 6.45) is 0.800. The summed E-state index contributed by atoms with van der Waals surface area (Å²) in [6, 6.07) is 11.3. The van der Waals surface area contributed by atoms with E-state index in [1.54, 1.807) is 12.1 Å². The predicted octanol–water partition coefficient (Wildman–Crippen LogP) is 5.41. The van der Waals surface area contributed by atoms with Gasteiger partial charge < -0.3 is 10.2 Å². The van der Waals surface area contributed by atoms with Crippen molar-refractivity contribution in [1.82, 2.24) is 0 Å². The summed E-state index contributed by atoms with van der Waals surface area (Å²) in [5, 5.41) is 3.37. The van der Waals surface area contributed by atoms with Crippen LogP contribution in [-0.4, -0.2) is 6.04 Å². The fraction of sp³-hybridized carbons (Fsp3) is 0.250. The van der Waals surface area contributed by atoms with Crippen LogP contribution in [0.3, 0.4) is 0 Å². The zero-order valence-electron chi connectivity index (χ0n) is 13.8. The third-order valence-electron chi connectivity index (χ3n) is 4.43. The van der Waals surface area contributed by atoms with Crippen molar-refractivity contribution in [2.24, 2.45) is 0 Å². The van der Waals surface area contributed by atoms with E-state index in [0.717, 1.165) is 23.4 Å². The average Bonchev–Trinajstić information content (AvgIpc) is 2.54. The van der Waals surface area contributed by atoms with E-state index in [-0.39, 0.29) is 23.7 Å². The van der Waals surface area contributed by atoms with Gasteiger partial charge >= 0.3 is 0 Å². The minimum atomic E-state index is -0.283. The maximum absolute atomic E-state index is 13.8. The molecule has 0 amide bonds. The van der Waals surface area contributed by atoms with Gasteiger partial charge in [0, 0.05) is 17.4 Å². The molecular formula is C20H20F2N2. The lowest BCUT2D eigenvalue weighted by Gasteiger charge is -2.41. The van der Waals surface area contributed by atoms with Crippen LogP contribution in [-0.2, 0) is 0 Å². The molecule has 24 heavy (non-hydrogen) atoms. The summed E-state index contributed by atoms with van der Waals surface area (Å²) in [6.45, 7) is 7.70. The first-order valence-corrected chi connectivity index (χ1v) is 7.97. The Morgan fingerprint density at radius 3 is 2.67 bits per heavy atom. The standard InChI is InChI=1S/C20H20F2N2/c1-4-13(2)24-14(3)10-19(18-9-8-16(22)12-20(18)24)23-17-7-5-6-15(21)11-17/h5-9,11-12,14,19,23H,1,10H2,2-3H3. The molecule has 2 aromatic rings. The highest BCUT2D eigenvalue weighted by atomic mass is 19.1. The van der Waals surface area contributed by atoms with Crippen LogP contribution in [0.2, 0.25) is 0 Å². The first-order chi connectivity index (χ1) is 11.5. The van der Waals surface area contributed by atoms with Crippen LogP contribution in [0.1, 0.15) is 31.9 Å². The minimum Gasteiger partial charge on any atom is -0.378 e. The molecule has 0 aromatic heterocycles. The number of nitrogens with zero attached hydrogens (tertiary/aromatic N) is 1. The van der Waals surface area contributed by atoms with Crippen LogP contribution >= 0.6 is 0 Å². The fourth-order valence-electron chi connectivity index (χ4n) is 3.34. The molecule has 124 valence electrons. The molecule has 1 aliphatic rings. The van der Waals surface area contributed by atoms with Gasteiger partial charge in [0.2, 0.25) is 0 Å². The Labute approximate surface area is 141 Å². The Morgan fingerprint density at radius 2 is 1.96 bits per heavy atom. The van der Waals surface area contributed by atoms with E-state index < -0.39 is 0 Å². The van der Waals surface area contributed by atoms with Gasteiger partial charge in [-0.15, -0.1) is 5.73 Å². The van der Waals surface area contributed by atoms with E-state index in [1.165, 1.54) is 24.3 Å². The largest absolute Gasteiger partial charge is 0.378 e. The molecule has 0 saturated carbocycles. The van der Waals surface area contributed by atoms with E-state index in [0.29, 0.717) is 5.69 Å². The number of benzene rings is 2. The van der Waals surface area contributed by atoms with Crippen LogP contribution in [0.25, 0.3) is 0 Å². The molecule has 1 N–H and O–H groups in total. The van der Waals surface area contributed by atoms with Gasteiger partial charge in [-0.05, 0) is 56.2 Å². The molecule has 0 aliphatic carbocycles. The van der Waals surface area contributed by atoms with Gasteiger partial charge in [0.15, 0.2) is 0 Å². The van der Waals surface area contributed by atoms with Crippen molar-refractivity contribution in [1.29, 1.82) is 0 Å². The normalized spacial score (nSPS) is 19.4. The number of nitrogens with one attached hydrogen (secondary N) is 1. The van der Waals surface area contributed by atoms with Crippen molar-refractivity contribution >= 4 is 11.4 Å². The third kappa shape index (κ3) is 3.06. The second-order valence-corrected chi connectivity index (χ2v) is 6.13. The van der Waals surface area contributed by atoms with E-state index >= 15 is 0 Å². The topological polar surface area (TPSA) is 15.3 Å². The van der Waals surface area contributed by atoms with Crippen molar-refractivity contribution in [3.05, 3.63) is 77.7 Å². The Balaban J connectivity index is 2.02.